The molecule has 0 aliphatic heterocycles. The van der Waals surface area contributed by atoms with Crippen LogP contribution in [0.2, 0.25) is 0 Å². The van der Waals surface area contributed by atoms with Crippen LogP contribution in [0.15, 0.2) is 0 Å². The summed E-state index contributed by atoms with van der Waals surface area (Å²) in [5, 5.41) is 2.84. The van der Waals surface area contributed by atoms with Crippen molar-refractivity contribution in [2.45, 2.75) is 50.5 Å². The third-order valence-corrected chi connectivity index (χ3v) is 3.78. The Bertz CT molecular complexity index is 292. The minimum absolute atomic E-state index is 0.0157. The highest BCUT2D eigenvalue weighted by molar-refractivity contribution is 5.79. The van der Waals surface area contributed by atoms with Crippen molar-refractivity contribution < 1.29 is 13.6 Å². The van der Waals surface area contributed by atoms with Gasteiger partial charge in [0.05, 0.1) is 0 Å². The fraction of sp³-hybridized carbons (Fsp3) is 0.917. The fourth-order valence-electron chi connectivity index (χ4n) is 2.56. The highest BCUT2D eigenvalue weighted by atomic mass is 19.3. The summed E-state index contributed by atoms with van der Waals surface area (Å²) in [7, 11) is 0. The minimum Gasteiger partial charge on any atom is -0.352 e. The molecule has 0 aromatic rings. The van der Waals surface area contributed by atoms with E-state index in [1.54, 1.807) is 0 Å². The minimum atomic E-state index is -2.67. The molecule has 17 heavy (non-hydrogen) atoms. The molecule has 0 aromatic heterocycles. The van der Waals surface area contributed by atoms with Gasteiger partial charge < -0.3 is 11.1 Å². The third-order valence-electron chi connectivity index (χ3n) is 3.78. The number of carbonyl (C=O) groups excluding carboxylic acids is 1. The number of hydrogen-bond acceptors (Lipinski definition) is 2. The quantitative estimate of drug-likeness (QED) is 0.792. The van der Waals surface area contributed by atoms with E-state index < -0.39 is 11.8 Å². The maximum Gasteiger partial charge on any atom is 0.248 e. The Morgan fingerprint density at radius 3 is 2.65 bits per heavy atom. The summed E-state index contributed by atoms with van der Waals surface area (Å²) in [5.41, 5.74) is 5.58. The van der Waals surface area contributed by atoms with E-state index in [0.717, 1.165) is 12.8 Å². The van der Waals surface area contributed by atoms with E-state index in [4.69, 9.17) is 5.73 Å². The molecule has 0 aromatic carbocycles. The van der Waals surface area contributed by atoms with Crippen molar-refractivity contribution in [2.75, 3.05) is 6.54 Å². The first kappa shape index (κ1) is 12.7. The molecule has 2 atom stereocenters. The van der Waals surface area contributed by atoms with Gasteiger partial charge in [0.15, 0.2) is 0 Å². The van der Waals surface area contributed by atoms with Gasteiger partial charge in [-0.05, 0) is 31.6 Å². The number of hydrogen-bond donors (Lipinski definition) is 2. The summed E-state index contributed by atoms with van der Waals surface area (Å²) in [6.45, 7) is 0.402. The van der Waals surface area contributed by atoms with Crippen LogP contribution in [0.1, 0.15) is 38.5 Å². The van der Waals surface area contributed by atoms with Crippen LogP contribution in [0.3, 0.4) is 0 Å². The second kappa shape index (κ2) is 4.88. The Morgan fingerprint density at radius 1 is 1.41 bits per heavy atom. The predicted octanol–water partition coefficient (Wildman–Crippen LogP) is 1.67. The zero-order chi connectivity index (χ0) is 12.5. The Hall–Kier alpha value is -0.710. The predicted molar refractivity (Wildman–Crippen MR) is 60.6 cm³/mol. The molecule has 0 bridgehead atoms. The molecule has 0 saturated heterocycles. The molecule has 2 saturated carbocycles. The summed E-state index contributed by atoms with van der Waals surface area (Å²) >= 11 is 0. The van der Waals surface area contributed by atoms with Gasteiger partial charge in [-0.1, -0.05) is 0 Å². The van der Waals surface area contributed by atoms with Crippen molar-refractivity contribution >= 4 is 5.91 Å². The first-order chi connectivity index (χ1) is 8.02. The molecule has 5 heteroatoms. The van der Waals surface area contributed by atoms with Gasteiger partial charge in [0.25, 0.3) is 0 Å². The van der Waals surface area contributed by atoms with Crippen molar-refractivity contribution in [3.63, 3.8) is 0 Å². The molecule has 3 N–H and O–H groups in total. The molecule has 98 valence electrons. The molecule has 0 spiro atoms. The maximum atomic E-state index is 13.2. The second-order valence-electron chi connectivity index (χ2n) is 5.34. The second-order valence-corrected chi connectivity index (χ2v) is 5.34. The normalized spacial score (nSPS) is 29.7. The molecule has 2 unspecified atom stereocenters. The lowest BCUT2D eigenvalue weighted by Crippen LogP contribution is -2.46. The highest BCUT2D eigenvalue weighted by Crippen LogP contribution is 2.37. The van der Waals surface area contributed by atoms with Crippen LogP contribution >= 0.6 is 0 Å². The molecule has 1 amide bonds. The van der Waals surface area contributed by atoms with Crippen LogP contribution in [0, 0.1) is 11.8 Å². The van der Waals surface area contributed by atoms with E-state index in [-0.39, 0.29) is 24.8 Å². The smallest absolute Gasteiger partial charge is 0.248 e. The number of carbonyl (C=O) groups is 1. The summed E-state index contributed by atoms with van der Waals surface area (Å²) in [4.78, 5) is 11.9. The lowest BCUT2D eigenvalue weighted by molar-refractivity contribution is -0.133. The average molecular weight is 246 g/mol. The van der Waals surface area contributed by atoms with Crippen molar-refractivity contribution in [3.8, 4) is 0 Å². The first-order valence-electron chi connectivity index (χ1n) is 6.40. The molecule has 2 rings (SSSR count). The molecular weight excluding hydrogens is 226 g/mol. The molecule has 0 heterocycles. The average Bonchev–Trinajstić information content (AvgIpc) is 3.08. The lowest BCUT2D eigenvalue weighted by Gasteiger charge is -2.29. The molecule has 2 aliphatic carbocycles. The highest BCUT2D eigenvalue weighted by Gasteiger charge is 2.40. The van der Waals surface area contributed by atoms with E-state index in [1.165, 1.54) is 0 Å². The van der Waals surface area contributed by atoms with Crippen LogP contribution in [0.5, 0.6) is 0 Å². The summed E-state index contributed by atoms with van der Waals surface area (Å²) < 4.78 is 26.4. The van der Waals surface area contributed by atoms with E-state index in [9.17, 15) is 13.6 Å². The Balaban J connectivity index is 1.86. The van der Waals surface area contributed by atoms with Crippen molar-refractivity contribution in [2.24, 2.45) is 17.6 Å². The number of rotatable bonds is 4. The van der Waals surface area contributed by atoms with Crippen LogP contribution in [-0.4, -0.2) is 24.4 Å². The summed E-state index contributed by atoms with van der Waals surface area (Å²) in [6.07, 6.45) is 2.79. The lowest BCUT2D eigenvalue weighted by atomic mass is 9.85. The number of alkyl halides is 2. The summed E-state index contributed by atoms with van der Waals surface area (Å²) in [5.74, 6) is -2.97. The maximum absolute atomic E-state index is 13.2. The van der Waals surface area contributed by atoms with Crippen LogP contribution in [0.4, 0.5) is 8.78 Å². The molecular formula is C12H20F2N2O. The van der Waals surface area contributed by atoms with Gasteiger partial charge in [0.2, 0.25) is 11.8 Å². The van der Waals surface area contributed by atoms with Crippen molar-refractivity contribution in [1.82, 2.24) is 5.32 Å². The van der Waals surface area contributed by atoms with Gasteiger partial charge in [-0.15, -0.1) is 0 Å². The van der Waals surface area contributed by atoms with Crippen molar-refractivity contribution in [3.05, 3.63) is 0 Å². The van der Waals surface area contributed by atoms with Crippen molar-refractivity contribution in [1.29, 1.82) is 0 Å². The van der Waals surface area contributed by atoms with Crippen LogP contribution < -0.4 is 11.1 Å². The standard InChI is InChI=1S/C12H20F2N2O/c13-12(14)5-1-2-9(6-12)11(17)16-10(7-15)8-3-4-8/h8-10H,1-7,15H2,(H,16,17). The summed E-state index contributed by atoms with van der Waals surface area (Å²) in [6, 6.07) is -0.0157. The Kier molecular flexibility index (Phi) is 3.66. The van der Waals surface area contributed by atoms with E-state index in [2.05, 4.69) is 5.32 Å². The van der Waals surface area contributed by atoms with E-state index in [1.807, 2.05) is 0 Å². The van der Waals surface area contributed by atoms with E-state index >= 15 is 0 Å². The molecule has 0 radical (unpaired) electrons. The SMILES string of the molecule is NCC(NC(=O)C1CCCC(F)(F)C1)C1CC1. The fourth-order valence-corrected chi connectivity index (χ4v) is 2.56. The molecule has 2 fully saturated rings. The Morgan fingerprint density at radius 2 is 2.12 bits per heavy atom. The Labute approximate surface area is 100 Å². The zero-order valence-corrected chi connectivity index (χ0v) is 9.92. The van der Waals surface area contributed by atoms with Crippen LogP contribution in [0.25, 0.3) is 0 Å². The van der Waals surface area contributed by atoms with Crippen LogP contribution in [-0.2, 0) is 4.79 Å². The number of halogens is 2. The number of amides is 1. The van der Waals surface area contributed by atoms with Gasteiger partial charge in [0, 0.05) is 31.3 Å². The van der Waals surface area contributed by atoms with Gasteiger partial charge in [-0.3, -0.25) is 4.79 Å². The van der Waals surface area contributed by atoms with E-state index in [0.29, 0.717) is 25.3 Å². The number of nitrogens with two attached hydrogens (primary N) is 1. The first-order valence-corrected chi connectivity index (χ1v) is 6.40. The van der Waals surface area contributed by atoms with Gasteiger partial charge >= 0.3 is 0 Å². The molecule has 3 nitrogen and oxygen atoms in total. The largest absolute Gasteiger partial charge is 0.352 e. The number of nitrogens with one attached hydrogen (secondary N) is 1. The monoisotopic (exact) mass is 246 g/mol. The third kappa shape index (κ3) is 3.37. The van der Waals surface area contributed by atoms with Gasteiger partial charge in [-0.2, -0.15) is 0 Å². The topological polar surface area (TPSA) is 55.1 Å². The molecule has 2 aliphatic rings. The van der Waals surface area contributed by atoms with Gasteiger partial charge in [0.1, 0.15) is 0 Å². The van der Waals surface area contributed by atoms with Gasteiger partial charge in [-0.25, -0.2) is 8.78 Å². The zero-order valence-electron chi connectivity index (χ0n) is 9.92.